The average molecular weight is 541 g/mol. The molecule has 3 atom stereocenters. The SMILES string of the molecule is NC(=O)C1=C(O)[C@@]2(O)C(=O)C3=C(O)c4c(O)ccc(/C=C/c5ccc(C(F)(F)F)cc5)c4C[C@H]3CC2CC1=O. The number of hydrogen-bond donors (Lipinski definition) is 5. The summed E-state index contributed by atoms with van der Waals surface area (Å²) in [6.07, 6.45) is -1.65. The molecule has 0 heterocycles. The van der Waals surface area contributed by atoms with Crippen LogP contribution in [0.15, 0.2) is 53.3 Å². The number of hydrogen-bond acceptors (Lipinski definition) is 7. The predicted octanol–water partition coefficient (Wildman–Crippen LogP) is 3.61. The number of nitrogens with two attached hydrogens (primary N) is 1. The second-order valence-corrected chi connectivity index (χ2v) is 9.89. The second kappa shape index (κ2) is 8.84. The lowest BCUT2D eigenvalue weighted by Crippen LogP contribution is -2.58. The van der Waals surface area contributed by atoms with Gasteiger partial charge in [0.1, 0.15) is 22.8 Å². The number of aliphatic hydroxyl groups excluding tert-OH is 2. The maximum atomic E-state index is 13.5. The number of halogens is 3. The van der Waals surface area contributed by atoms with Gasteiger partial charge in [-0.2, -0.15) is 13.2 Å². The third-order valence-electron chi connectivity index (χ3n) is 7.68. The van der Waals surface area contributed by atoms with Crippen molar-refractivity contribution in [2.45, 2.75) is 31.0 Å². The lowest BCUT2D eigenvalue weighted by molar-refractivity contribution is -0.147. The number of alkyl halides is 3. The van der Waals surface area contributed by atoms with E-state index in [4.69, 9.17) is 5.73 Å². The molecule has 3 aliphatic rings. The number of amides is 1. The van der Waals surface area contributed by atoms with Gasteiger partial charge in [-0.25, -0.2) is 0 Å². The number of Topliss-reactive ketones (excluding diaryl/α,β-unsaturated/α-hetero) is 2. The summed E-state index contributed by atoms with van der Waals surface area (Å²) < 4.78 is 38.6. The highest BCUT2D eigenvalue weighted by Gasteiger charge is 2.60. The summed E-state index contributed by atoms with van der Waals surface area (Å²) in [5.74, 6) is -7.13. The molecule has 1 fully saturated rings. The van der Waals surface area contributed by atoms with Gasteiger partial charge in [-0.05, 0) is 53.6 Å². The molecule has 2 aromatic carbocycles. The smallest absolute Gasteiger partial charge is 0.416 e. The molecule has 11 heteroatoms. The fourth-order valence-corrected chi connectivity index (χ4v) is 5.77. The van der Waals surface area contributed by atoms with E-state index in [0.717, 1.165) is 12.1 Å². The van der Waals surface area contributed by atoms with E-state index in [-0.39, 0.29) is 29.7 Å². The Morgan fingerprint density at radius 2 is 1.67 bits per heavy atom. The Kier molecular flexibility index (Phi) is 5.95. The Morgan fingerprint density at radius 3 is 2.28 bits per heavy atom. The van der Waals surface area contributed by atoms with Crippen LogP contribution < -0.4 is 5.73 Å². The molecule has 5 rings (SSSR count). The number of rotatable bonds is 3. The molecular formula is C28H22F3NO7. The van der Waals surface area contributed by atoms with Gasteiger partial charge in [0.2, 0.25) is 5.78 Å². The quantitative estimate of drug-likeness (QED) is 0.293. The number of ketones is 2. The van der Waals surface area contributed by atoms with Gasteiger partial charge in [-0.3, -0.25) is 14.4 Å². The maximum Gasteiger partial charge on any atom is 0.416 e. The fourth-order valence-electron chi connectivity index (χ4n) is 5.77. The summed E-state index contributed by atoms with van der Waals surface area (Å²) in [6.45, 7) is 0. The summed E-state index contributed by atoms with van der Waals surface area (Å²) in [7, 11) is 0. The first-order valence-electron chi connectivity index (χ1n) is 11.9. The molecule has 39 heavy (non-hydrogen) atoms. The van der Waals surface area contributed by atoms with E-state index in [1.165, 1.54) is 18.2 Å². The van der Waals surface area contributed by atoms with Gasteiger partial charge in [0.05, 0.1) is 11.1 Å². The molecule has 3 aliphatic carbocycles. The summed E-state index contributed by atoms with van der Waals surface area (Å²) in [5.41, 5.74) is 1.96. The van der Waals surface area contributed by atoms with Crippen LogP contribution in [-0.4, -0.2) is 43.5 Å². The molecule has 0 aliphatic heterocycles. The molecule has 0 radical (unpaired) electrons. The van der Waals surface area contributed by atoms with Gasteiger partial charge < -0.3 is 26.2 Å². The van der Waals surface area contributed by atoms with E-state index in [1.54, 1.807) is 18.2 Å². The average Bonchev–Trinajstić information content (AvgIpc) is 2.85. The van der Waals surface area contributed by atoms with Crippen LogP contribution in [0.4, 0.5) is 13.2 Å². The number of aromatic hydroxyl groups is 1. The van der Waals surface area contributed by atoms with Crippen molar-refractivity contribution in [3.05, 3.63) is 81.1 Å². The van der Waals surface area contributed by atoms with Gasteiger partial charge in [0, 0.05) is 17.9 Å². The Morgan fingerprint density at radius 1 is 1.00 bits per heavy atom. The second-order valence-electron chi connectivity index (χ2n) is 9.89. The molecule has 0 spiro atoms. The van der Waals surface area contributed by atoms with Gasteiger partial charge in [-0.1, -0.05) is 30.4 Å². The number of carbonyl (C=O) groups is 3. The summed E-state index contributed by atoms with van der Waals surface area (Å²) in [4.78, 5) is 37.7. The van der Waals surface area contributed by atoms with Crippen molar-refractivity contribution in [3.63, 3.8) is 0 Å². The van der Waals surface area contributed by atoms with Gasteiger partial charge >= 0.3 is 6.18 Å². The minimum Gasteiger partial charge on any atom is -0.508 e. The summed E-state index contributed by atoms with van der Waals surface area (Å²) in [5, 5.41) is 43.6. The monoisotopic (exact) mass is 541 g/mol. The van der Waals surface area contributed by atoms with Crippen LogP contribution in [0.25, 0.3) is 17.9 Å². The lowest BCUT2D eigenvalue weighted by Gasteiger charge is -2.46. The normalized spacial score (nSPS) is 25.0. The first-order valence-corrected chi connectivity index (χ1v) is 11.9. The highest BCUT2D eigenvalue weighted by molar-refractivity contribution is 6.22. The first kappa shape index (κ1) is 26.2. The Bertz CT molecular complexity index is 1540. The Balaban J connectivity index is 1.57. The van der Waals surface area contributed by atoms with E-state index in [1.807, 2.05) is 0 Å². The zero-order chi connectivity index (χ0) is 28.4. The standard InChI is InChI=1S/C28H22F3NO7/c29-28(30,31)15-6-2-12(3-7-15)1-4-13-5-8-18(33)21-17(13)10-14-9-16-11-19(34)22(26(32)38)25(37)27(16,39)24(36)20(14)23(21)35/h1-8,14,16,33,35,37,39H,9-11H2,(H2,32,38)/b4-1+/t14-,16?,27+/m1/s1. The van der Waals surface area contributed by atoms with Gasteiger partial charge in [0.15, 0.2) is 11.4 Å². The van der Waals surface area contributed by atoms with Crippen LogP contribution in [0.3, 0.4) is 0 Å². The van der Waals surface area contributed by atoms with Crippen LogP contribution in [0, 0.1) is 11.8 Å². The minimum absolute atomic E-state index is 0.0133. The molecule has 2 aromatic rings. The molecule has 8 nitrogen and oxygen atoms in total. The maximum absolute atomic E-state index is 13.5. The zero-order valence-corrected chi connectivity index (χ0v) is 20.1. The fraction of sp³-hybridized carbons (Fsp3) is 0.250. The van der Waals surface area contributed by atoms with Crippen LogP contribution in [-0.2, 0) is 27.0 Å². The molecule has 1 amide bonds. The zero-order valence-electron chi connectivity index (χ0n) is 20.1. The first-order chi connectivity index (χ1) is 18.2. The topological polar surface area (TPSA) is 158 Å². The molecular weight excluding hydrogens is 519 g/mol. The van der Waals surface area contributed by atoms with Gasteiger partial charge in [-0.15, -0.1) is 0 Å². The highest BCUT2D eigenvalue weighted by Crippen LogP contribution is 2.52. The molecule has 6 N–H and O–H groups in total. The van der Waals surface area contributed by atoms with Crippen LogP contribution >= 0.6 is 0 Å². The van der Waals surface area contributed by atoms with E-state index in [0.29, 0.717) is 16.7 Å². The van der Waals surface area contributed by atoms with E-state index < -0.39 is 70.2 Å². The third-order valence-corrected chi connectivity index (χ3v) is 7.68. The van der Waals surface area contributed by atoms with Crippen molar-refractivity contribution >= 4 is 35.4 Å². The van der Waals surface area contributed by atoms with E-state index >= 15 is 0 Å². The molecule has 202 valence electrons. The van der Waals surface area contributed by atoms with Crippen molar-refractivity contribution < 1.29 is 48.0 Å². The summed E-state index contributed by atoms with van der Waals surface area (Å²) >= 11 is 0. The van der Waals surface area contributed by atoms with Crippen molar-refractivity contribution in [3.8, 4) is 5.75 Å². The van der Waals surface area contributed by atoms with Crippen molar-refractivity contribution in [1.82, 2.24) is 0 Å². The van der Waals surface area contributed by atoms with Crippen LogP contribution in [0.2, 0.25) is 0 Å². The third kappa shape index (κ3) is 4.00. The predicted molar refractivity (Wildman–Crippen MR) is 132 cm³/mol. The number of carbonyl (C=O) groups excluding carboxylic acids is 3. The van der Waals surface area contributed by atoms with Gasteiger partial charge in [0.25, 0.3) is 5.91 Å². The highest BCUT2D eigenvalue weighted by atomic mass is 19.4. The minimum atomic E-state index is -4.47. The van der Waals surface area contributed by atoms with Crippen molar-refractivity contribution in [2.75, 3.05) is 0 Å². The molecule has 0 saturated heterocycles. The van der Waals surface area contributed by atoms with Crippen LogP contribution in [0.5, 0.6) is 5.75 Å². The number of benzene rings is 2. The number of primary amides is 1. The van der Waals surface area contributed by atoms with Crippen molar-refractivity contribution in [1.29, 1.82) is 0 Å². The van der Waals surface area contributed by atoms with Crippen LogP contribution in [0.1, 0.15) is 40.7 Å². The lowest BCUT2D eigenvalue weighted by atomic mass is 9.59. The van der Waals surface area contributed by atoms with E-state index in [9.17, 15) is 48.0 Å². The number of fused-ring (bicyclic) bond motifs is 3. The number of phenolic OH excluding ortho intramolecular Hbond substituents is 1. The van der Waals surface area contributed by atoms with E-state index in [2.05, 4.69) is 0 Å². The summed E-state index contributed by atoms with van der Waals surface area (Å²) in [6, 6.07) is 7.30. The van der Waals surface area contributed by atoms with Crippen molar-refractivity contribution in [2.24, 2.45) is 17.6 Å². The number of aliphatic hydroxyl groups is 3. The molecule has 1 saturated carbocycles. The Labute approximate surface area is 219 Å². The largest absolute Gasteiger partial charge is 0.508 e. The Hall–Kier alpha value is -4.38. The number of phenols is 1. The molecule has 0 aromatic heterocycles. The molecule has 1 unspecified atom stereocenters. The molecule has 0 bridgehead atoms.